The lowest BCUT2D eigenvalue weighted by atomic mass is 10.1. The van der Waals surface area contributed by atoms with E-state index in [0.29, 0.717) is 23.8 Å². The Labute approximate surface area is 203 Å². The Morgan fingerprint density at radius 1 is 1.06 bits per heavy atom. The first kappa shape index (κ1) is 24.3. The summed E-state index contributed by atoms with van der Waals surface area (Å²) in [5.74, 6) is -1.28. The fraction of sp³-hybridized carbons (Fsp3) is 0.375. The molecule has 34 heavy (non-hydrogen) atoms. The van der Waals surface area contributed by atoms with Crippen molar-refractivity contribution in [1.82, 2.24) is 9.29 Å². The van der Waals surface area contributed by atoms with Crippen LogP contribution in [-0.2, 0) is 19.6 Å². The number of hydrogen-bond acceptors (Lipinski definition) is 7. The van der Waals surface area contributed by atoms with E-state index < -0.39 is 28.5 Å². The van der Waals surface area contributed by atoms with E-state index in [9.17, 15) is 18.0 Å². The first-order chi connectivity index (χ1) is 16.1. The highest BCUT2D eigenvalue weighted by molar-refractivity contribution is 7.89. The number of thiazole rings is 1. The monoisotopic (exact) mass is 501 g/mol. The summed E-state index contributed by atoms with van der Waals surface area (Å²) in [7, 11) is -3.70. The zero-order valence-corrected chi connectivity index (χ0v) is 21.0. The maximum absolute atomic E-state index is 13.1. The lowest BCUT2D eigenvalue weighted by Crippen LogP contribution is -2.36. The normalized spacial score (nSPS) is 14.8. The van der Waals surface area contributed by atoms with Gasteiger partial charge in [-0.1, -0.05) is 29.9 Å². The van der Waals surface area contributed by atoms with E-state index in [2.05, 4.69) is 10.3 Å². The Bertz CT molecular complexity index is 1360. The highest BCUT2D eigenvalue weighted by Gasteiger charge is 2.28. The number of hydrogen-bond donors (Lipinski definition) is 1. The van der Waals surface area contributed by atoms with Crippen LogP contribution in [0.1, 0.15) is 46.3 Å². The third-order valence-corrected chi connectivity index (χ3v) is 8.73. The number of nitrogens with zero attached hydrogens (tertiary/aromatic N) is 2. The van der Waals surface area contributed by atoms with Gasteiger partial charge in [0.2, 0.25) is 10.0 Å². The van der Waals surface area contributed by atoms with Crippen molar-refractivity contribution in [3.05, 3.63) is 52.6 Å². The number of fused-ring (bicyclic) bond motifs is 1. The SMILES string of the molecule is Cc1cc(C)c2nc(NC(=O)COC(=O)c3ccc(C)c(S(=O)(=O)N4CCCCC4)c3)sc2c1. The number of sulfonamides is 1. The van der Waals surface area contributed by atoms with E-state index in [0.717, 1.165) is 40.6 Å². The van der Waals surface area contributed by atoms with Crippen LogP contribution in [0.25, 0.3) is 10.2 Å². The van der Waals surface area contributed by atoms with Crippen LogP contribution in [0.4, 0.5) is 5.13 Å². The Hall–Kier alpha value is -2.82. The summed E-state index contributed by atoms with van der Waals surface area (Å²) in [6.07, 6.45) is 2.65. The number of amides is 1. The molecule has 1 aliphatic rings. The molecule has 0 unspecified atom stereocenters. The number of piperidine rings is 1. The van der Waals surface area contributed by atoms with Gasteiger partial charge >= 0.3 is 5.97 Å². The number of aryl methyl sites for hydroxylation is 3. The molecule has 2 heterocycles. The van der Waals surface area contributed by atoms with Gasteiger partial charge in [0.05, 0.1) is 20.7 Å². The Kier molecular flexibility index (Phi) is 7.01. The van der Waals surface area contributed by atoms with E-state index in [1.54, 1.807) is 13.0 Å². The summed E-state index contributed by atoms with van der Waals surface area (Å²) >= 11 is 1.35. The maximum Gasteiger partial charge on any atom is 0.338 e. The van der Waals surface area contributed by atoms with Crippen molar-refractivity contribution in [3.8, 4) is 0 Å². The van der Waals surface area contributed by atoms with E-state index in [4.69, 9.17) is 4.74 Å². The van der Waals surface area contributed by atoms with Crippen LogP contribution in [0, 0.1) is 20.8 Å². The number of carbonyl (C=O) groups excluding carboxylic acids is 2. The van der Waals surface area contributed by atoms with Crippen LogP contribution in [-0.4, -0.2) is 49.3 Å². The van der Waals surface area contributed by atoms with Crippen molar-refractivity contribution in [2.75, 3.05) is 25.0 Å². The lowest BCUT2D eigenvalue weighted by Gasteiger charge is -2.26. The third kappa shape index (κ3) is 5.13. The first-order valence-electron chi connectivity index (χ1n) is 11.1. The third-order valence-electron chi connectivity index (χ3n) is 5.77. The molecule has 0 spiro atoms. The van der Waals surface area contributed by atoms with Crippen LogP contribution in [0.5, 0.6) is 0 Å². The van der Waals surface area contributed by atoms with E-state index in [1.807, 2.05) is 26.0 Å². The van der Waals surface area contributed by atoms with Gasteiger partial charge < -0.3 is 4.74 Å². The molecule has 1 saturated heterocycles. The molecule has 0 bridgehead atoms. The minimum Gasteiger partial charge on any atom is -0.452 e. The number of anilines is 1. The quantitative estimate of drug-likeness (QED) is 0.508. The van der Waals surface area contributed by atoms with Gasteiger partial charge in [0.1, 0.15) is 0 Å². The fourth-order valence-corrected chi connectivity index (χ4v) is 6.87. The number of benzene rings is 2. The number of esters is 1. The minimum absolute atomic E-state index is 0.0834. The molecule has 8 nitrogen and oxygen atoms in total. The van der Waals surface area contributed by atoms with Gasteiger partial charge in [0.25, 0.3) is 5.91 Å². The molecule has 3 aromatic rings. The van der Waals surface area contributed by atoms with Crippen molar-refractivity contribution < 1.29 is 22.7 Å². The Morgan fingerprint density at radius 2 is 1.79 bits per heavy atom. The zero-order chi connectivity index (χ0) is 24.5. The molecule has 1 fully saturated rings. The predicted octanol–water partition coefficient (Wildman–Crippen LogP) is 4.19. The minimum atomic E-state index is -3.70. The Morgan fingerprint density at radius 3 is 2.53 bits per heavy atom. The summed E-state index contributed by atoms with van der Waals surface area (Å²) in [5, 5.41) is 3.09. The zero-order valence-electron chi connectivity index (χ0n) is 19.4. The summed E-state index contributed by atoms with van der Waals surface area (Å²) in [4.78, 5) is 29.4. The van der Waals surface area contributed by atoms with Crippen LogP contribution in [0.2, 0.25) is 0 Å². The van der Waals surface area contributed by atoms with Crippen molar-refractivity contribution in [1.29, 1.82) is 0 Å². The fourth-order valence-electron chi connectivity index (χ4n) is 4.04. The summed E-state index contributed by atoms with van der Waals surface area (Å²) < 4.78 is 33.7. The van der Waals surface area contributed by atoms with Gasteiger partial charge in [0, 0.05) is 13.1 Å². The second-order valence-electron chi connectivity index (χ2n) is 8.52. The molecule has 1 aromatic heterocycles. The smallest absolute Gasteiger partial charge is 0.338 e. The molecular weight excluding hydrogens is 474 g/mol. The molecule has 180 valence electrons. The second-order valence-corrected chi connectivity index (χ2v) is 11.5. The van der Waals surface area contributed by atoms with Gasteiger partial charge in [-0.05, 0) is 68.5 Å². The summed E-state index contributed by atoms with van der Waals surface area (Å²) in [6.45, 7) is 6.10. The van der Waals surface area contributed by atoms with E-state index >= 15 is 0 Å². The summed E-state index contributed by atoms with van der Waals surface area (Å²) in [5.41, 5.74) is 3.60. The number of ether oxygens (including phenoxy) is 1. The first-order valence-corrected chi connectivity index (χ1v) is 13.4. The molecule has 0 radical (unpaired) electrons. The van der Waals surface area contributed by atoms with Crippen molar-refractivity contribution in [3.63, 3.8) is 0 Å². The highest BCUT2D eigenvalue weighted by atomic mass is 32.2. The number of rotatable bonds is 6. The lowest BCUT2D eigenvalue weighted by molar-refractivity contribution is -0.119. The van der Waals surface area contributed by atoms with Crippen LogP contribution < -0.4 is 5.32 Å². The van der Waals surface area contributed by atoms with E-state index in [-0.39, 0.29) is 10.5 Å². The van der Waals surface area contributed by atoms with E-state index in [1.165, 1.54) is 27.8 Å². The number of nitrogens with one attached hydrogen (secondary N) is 1. The standard InChI is InChI=1S/C24H27N3O5S2/c1-15-11-17(3)22-19(12-15)33-24(26-22)25-21(28)14-32-23(29)18-8-7-16(2)20(13-18)34(30,31)27-9-5-4-6-10-27/h7-8,11-13H,4-6,9-10,14H2,1-3H3,(H,25,26,28). The van der Waals surface area contributed by atoms with Gasteiger partial charge in [-0.3, -0.25) is 10.1 Å². The molecule has 0 aliphatic carbocycles. The van der Waals surface area contributed by atoms with Gasteiger partial charge in [0.15, 0.2) is 11.7 Å². The molecule has 0 atom stereocenters. The molecule has 1 aliphatic heterocycles. The largest absolute Gasteiger partial charge is 0.452 e. The molecular formula is C24H27N3O5S2. The van der Waals surface area contributed by atoms with Gasteiger partial charge in [-0.15, -0.1) is 0 Å². The van der Waals surface area contributed by atoms with Crippen LogP contribution in [0.15, 0.2) is 35.2 Å². The average Bonchev–Trinajstić information content (AvgIpc) is 3.20. The van der Waals surface area contributed by atoms with Crippen molar-refractivity contribution >= 4 is 48.6 Å². The maximum atomic E-state index is 13.1. The van der Waals surface area contributed by atoms with Crippen molar-refractivity contribution in [2.24, 2.45) is 0 Å². The number of aromatic nitrogens is 1. The van der Waals surface area contributed by atoms with Crippen LogP contribution in [0.3, 0.4) is 0 Å². The molecule has 1 N–H and O–H groups in total. The molecule has 10 heteroatoms. The highest BCUT2D eigenvalue weighted by Crippen LogP contribution is 2.29. The molecule has 0 saturated carbocycles. The van der Waals surface area contributed by atoms with Gasteiger partial charge in [-0.25, -0.2) is 18.2 Å². The molecule has 4 rings (SSSR count). The van der Waals surface area contributed by atoms with Crippen molar-refractivity contribution in [2.45, 2.75) is 44.9 Å². The summed E-state index contributed by atoms with van der Waals surface area (Å²) in [6, 6.07) is 8.44. The van der Waals surface area contributed by atoms with Gasteiger partial charge in [-0.2, -0.15) is 4.31 Å². The molecule has 1 amide bonds. The predicted molar refractivity (Wildman–Crippen MR) is 132 cm³/mol. The molecule has 2 aromatic carbocycles. The van der Waals surface area contributed by atoms with Crippen LogP contribution >= 0.6 is 11.3 Å². The second kappa shape index (κ2) is 9.81. The topological polar surface area (TPSA) is 106 Å². The average molecular weight is 502 g/mol. The number of carbonyl (C=O) groups is 2. The Balaban J connectivity index is 1.42.